The number of anilines is 3. The molecule has 6 nitrogen and oxygen atoms in total. The number of hydrogen-bond acceptors (Lipinski definition) is 5. The van der Waals surface area contributed by atoms with Gasteiger partial charge in [0.05, 0.1) is 4.92 Å². The van der Waals surface area contributed by atoms with Crippen molar-refractivity contribution >= 4 is 23.0 Å². The molecule has 1 aromatic heterocycles. The van der Waals surface area contributed by atoms with E-state index in [1.54, 1.807) is 6.07 Å². The fourth-order valence-corrected chi connectivity index (χ4v) is 1.86. The van der Waals surface area contributed by atoms with Crippen molar-refractivity contribution in [2.75, 3.05) is 17.7 Å². The number of hydrogen-bond donors (Lipinski definition) is 1. The number of nitrogen functional groups attached to an aromatic ring is 1. The molecule has 6 heteroatoms. The van der Waals surface area contributed by atoms with Crippen LogP contribution in [0.1, 0.15) is 5.56 Å². The smallest absolute Gasteiger partial charge is 0.311 e. The molecular weight excluding hydrogens is 244 g/mol. The first-order valence-electron chi connectivity index (χ1n) is 5.71. The maximum absolute atomic E-state index is 10.7. The standard InChI is InChI=1S/C13H14N4O2/c1-9-5-3-4-6-10(9)16(2)12-8-7-11(17(18)19)13(14)15-12/h3-8H,1-2H3,(H2,14,15). The van der Waals surface area contributed by atoms with E-state index in [-0.39, 0.29) is 11.5 Å². The van der Waals surface area contributed by atoms with Crippen LogP contribution in [0.2, 0.25) is 0 Å². The molecule has 0 spiro atoms. The lowest BCUT2D eigenvalue weighted by atomic mass is 10.2. The number of nitro groups is 1. The van der Waals surface area contributed by atoms with Gasteiger partial charge in [-0.15, -0.1) is 0 Å². The van der Waals surface area contributed by atoms with Crippen molar-refractivity contribution in [1.29, 1.82) is 0 Å². The summed E-state index contributed by atoms with van der Waals surface area (Å²) in [5, 5.41) is 10.7. The number of benzene rings is 1. The van der Waals surface area contributed by atoms with Crippen molar-refractivity contribution in [3.63, 3.8) is 0 Å². The quantitative estimate of drug-likeness (QED) is 0.675. The Hall–Kier alpha value is -2.63. The Balaban J connectivity index is 2.40. The fraction of sp³-hybridized carbons (Fsp3) is 0.154. The molecule has 2 aromatic rings. The Labute approximate surface area is 110 Å². The molecule has 1 aromatic carbocycles. The Morgan fingerprint density at radius 1 is 1.26 bits per heavy atom. The third kappa shape index (κ3) is 2.47. The van der Waals surface area contributed by atoms with Gasteiger partial charge in [-0.2, -0.15) is 0 Å². The summed E-state index contributed by atoms with van der Waals surface area (Å²) in [4.78, 5) is 16.1. The first-order chi connectivity index (χ1) is 9.00. The second-order valence-electron chi connectivity index (χ2n) is 4.18. The van der Waals surface area contributed by atoms with Gasteiger partial charge in [0.15, 0.2) is 0 Å². The molecule has 0 saturated carbocycles. The van der Waals surface area contributed by atoms with Crippen LogP contribution >= 0.6 is 0 Å². The monoisotopic (exact) mass is 258 g/mol. The predicted molar refractivity (Wildman–Crippen MR) is 74.5 cm³/mol. The SMILES string of the molecule is Cc1ccccc1N(C)c1ccc([N+](=O)[O-])c(N)n1. The zero-order valence-electron chi connectivity index (χ0n) is 10.7. The van der Waals surface area contributed by atoms with Crippen LogP contribution in [0.25, 0.3) is 0 Å². The Bertz CT molecular complexity index is 628. The van der Waals surface area contributed by atoms with Gasteiger partial charge in [0.1, 0.15) is 5.82 Å². The third-order valence-corrected chi connectivity index (χ3v) is 2.90. The lowest BCUT2D eigenvalue weighted by Crippen LogP contribution is -2.13. The second-order valence-corrected chi connectivity index (χ2v) is 4.18. The van der Waals surface area contributed by atoms with Crippen molar-refractivity contribution in [3.05, 3.63) is 52.1 Å². The molecule has 2 rings (SSSR count). The Kier molecular flexibility index (Phi) is 3.33. The van der Waals surface area contributed by atoms with Crippen LogP contribution in [0.3, 0.4) is 0 Å². The fourth-order valence-electron chi connectivity index (χ4n) is 1.86. The number of pyridine rings is 1. The summed E-state index contributed by atoms with van der Waals surface area (Å²) >= 11 is 0. The topological polar surface area (TPSA) is 85.3 Å². The van der Waals surface area contributed by atoms with Crippen LogP contribution in [-0.4, -0.2) is 17.0 Å². The van der Waals surface area contributed by atoms with Crippen molar-refractivity contribution in [2.24, 2.45) is 0 Å². The number of rotatable bonds is 3. The molecular formula is C13H14N4O2. The molecule has 0 atom stereocenters. The molecule has 0 aliphatic heterocycles. The summed E-state index contributed by atoms with van der Waals surface area (Å²) in [7, 11) is 1.84. The summed E-state index contributed by atoms with van der Waals surface area (Å²) in [5.74, 6) is 0.486. The number of nitrogens with zero attached hydrogens (tertiary/aromatic N) is 3. The Morgan fingerprint density at radius 2 is 1.95 bits per heavy atom. The van der Waals surface area contributed by atoms with Gasteiger partial charge >= 0.3 is 5.69 Å². The molecule has 0 unspecified atom stereocenters. The van der Waals surface area contributed by atoms with Gasteiger partial charge in [-0.1, -0.05) is 18.2 Å². The molecule has 98 valence electrons. The molecule has 0 fully saturated rings. The van der Waals surface area contributed by atoms with Crippen molar-refractivity contribution in [2.45, 2.75) is 6.92 Å². The van der Waals surface area contributed by atoms with Gasteiger partial charge < -0.3 is 10.6 Å². The van der Waals surface area contributed by atoms with Crippen LogP contribution in [0.4, 0.5) is 23.0 Å². The number of para-hydroxylation sites is 1. The van der Waals surface area contributed by atoms with Crippen LogP contribution in [-0.2, 0) is 0 Å². The van der Waals surface area contributed by atoms with Gasteiger partial charge in [0.2, 0.25) is 5.82 Å². The highest BCUT2D eigenvalue weighted by Crippen LogP contribution is 2.28. The van der Waals surface area contributed by atoms with Crippen LogP contribution in [0.5, 0.6) is 0 Å². The lowest BCUT2D eigenvalue weighted by Gasteiger charge is -2.20. The molecule has 0 radical (unpaired) electrons. The summed E-state index contributed by atoms with van der Waals surface area (Å²) in [6.45, 7) is 1.99. The van der Waals surface area contributed by atoms with Crippen LogP contribution in [0.15, 0.2) is 36.4 Å². The third-order valence-electron chi connectivity index (χ3n) is 2.90. The van der Waals surface area contributed by atoms with Crippen LogP contribution in [0, 0.1) is 17.0 Å². The van der Waals surface area contributed by atoms with E-state index in [1.807, 2.05) is 43.1 Å². The van der Waals surface area contributed by atoms with Gasteiger partial charge in [0.25, 0.3) is 0 Å². The Morgan fingerprint density at radius 3 is 2.53 bits per heavy atom. The maximum Gasteiger partial charge on any atom is 0.311 e. The lowest BCUT2D eigenvalue weighted by molar-refractivity contribution is -0.384. The molecule has 1 heterocycles. The minimum atomic E-state index is -0.542. The first kappa shape index (κ1) is 12.8. The zero-order chi connectivity index (χ0) is 14.0. The van der Waals surface area contributed by atoms with E-state index in [0.717, 1.165) is 11.3 Å². The van der Waals surface area contributed by atoms with E-state index in [1.165, 1.54) is 6.07 Å². The molecule has 2 N–H and O–H groups in total. The van der Waals surface area contributed by atoms with Crippen molar-refractivity contribution in [1.82, 2.24) is 4.98 Å². The highest BCUT2D eigenvalue weighted by Gasteiger charge is 2.15. The largest absolute Gasteiger partial charge is 0.378 e. The van der Waals surface area contributed by atoms with Gasteiger partial charge in [-0.3, -0.25) is 10.1 Å². The predicted octanol–water partition coefficient (Wildman–Crippen LogP) is 2.65. The van der Waals surface area contributed by atoms with E-state index in [4.69, 9.17) is 5.73 Å². The zero-order valence-corrected chi connectivity index (χ0v) is 10.7. The summed E-state index contributed by atoms with van der Waals surface area (Å²) in [6, 6.07) is 10.8. The first-order valence-corrected chi connectivity index (χ1v) is 5.71. The van der Waals surface area contributed by atoms with Crippen molar-refractivity contribution < 1.29 is 4.92 Å². The van der Waals surface area contributed by atoms with E-state index >= 15 is 0 Å². The molecule has 0 aliphatic rings. The average molecular weight is 258 g/mol. The van der Waals surface area contributed by atoms with E-state index in [0.29, 0.717) is 5.82 Å². The molecule has 0 bridgehead atoms. The molecule has 0 aliphatic carbocycles. The highest BCUT2D eigenvalue weighted by atomic mass is 16.6. The molecule has 19 heavy (non-hydrogen) atoms. The highest BCUT2D eigenvalue weighted by molar-refractivity contribution is 5.66. The van der Waals surface area contributed by atoms with Gasteiger partial charge in [-0.25, -0.2) is 4.98 Å². The molecule has 0 amide bonds. The van der Waals surface area contributed by atoms with E-state index in [2.05, 4.69) is 4.98 Å². The summed E-state index contributed by atoms with van der Waals surface area (Å²) in [5.41, 5.74) is 7.48. The number of aryl methyl sites for hydroxylation is 1. The molecule has 0 saturated heterocycles. The minimum Gasteiger partial charge on any atom is -0.378 e. The second kappa shape index (κ2) is 4.93. The van der Waals surface area contributed by atoms with Gasteiger partial charge in [0, 0.05) is 18.8 Å². The van der Waals surface area contributed by atoms with Gasteiger partial charge in [-0.05, 0) is 24.6 Å². The van der Waals surface area contributed by atoms with E-state index in [9.17, 15) is 10.1 Å². The normalized spacial score (nSPS) is 10.2. The number of nitrogens with two attached hydrogens (primary N) is 1. The van der Waals surface area contributed by atoms with E-state index < -0.39 is 4.92 Å². The summed E-state index contributed by atoms with van der Waals surface area (Å²) in [6.07, 6.45) is 0. The number of aromatic nitrogens is 1. The maximum atomic E-state index is 10.7. The minimum absolute atomic E-state index is 0.0806. The summed E-state index contributed by atoms with van der Waals surface area (Å²) < 4.78 is 0. The van der Waals surface area contributed by atoms with Crippen molar-refractivity contribution in [3.8, 4) is 0 Å². The average Bonchev–Trinajstić information content (AvgIpc) is 2.38. The van der Waals surface area contributed by atoms with Crippen LogP contribution < -0.4 is 10.6 Å².